The lowest BCUT2D eigenvalue weighted by Gasteiger charge is -2.28. The van der Waals surface area contributed by atoms with E-state index in [1.54, 1.807) is 12.1 Å². The van der Waals surface area contributed by atoms with Crippen LogP contribution in [0.1, 0.15) is 5.56 Å². The number of imide groups is 2. The van der Waals surface area contributed by atoms with Crippen LogP contribution in [0.4, 0.5) is 10.5 Å². The van der Waals surface area contributed by atoms with Gasteiger partial charge in [-0.05, 0) is 23.8 Å². The highest BCUT2D eigenvalue weighted by molar-refractivity contribution is 6.40. The first kappa shape index (κ1) is 23.0. The van der Waals surface area contributed by atoms with Gasteiger partial charge in [0.05, 0.1) is 30.0 Å². The highest BCUT2D eigenvalue weighted by atomic mass is 35.5. The van der Waals surface area contributed by atoms with Crippen LogP contribution in [0.2, 0.25) is 10.0 Å². The molecule has 1 aliphatic heterocycles. The highest BCUT2D eigenvalue weighted by Crippen LogP contribution is 2.39. The zero-order chi connectivity index (χ0) is 23.4. The summed E-state index contributed by atoms with van der Waals surface area (Å²) in [6, 6.07) is 6.43. The van der Waals surface area contributed by atoms with Gasteiger partial charge >= 0.3 is 6.03 Å². The number of terminal acetylenes is 1. The van der Waals surface area contributed by atoms with Crippen LogP contribution >= 0.6 is 23.2 Å². The molecular formula is C22H16Cl2N2O6. The zero-order valence-corrected chi connectivity index (χ0v) is 18.4. The molecule has 1 N–H and O–H groups in total. The van der Waals surface area contributed by atoms with Crippen molar-refractivity contribution in [2.45, 2.75) is 0 Å². The van der Waals surface area contributed by atoms with E-state index in [1.165, 1.54) is 38.5 Å². The second-order valence-corrected chi connectivity index (χ2v) is 7.11. The molecule has 0 radical (unpaired) electrons. The van der Waals surface area contributed by atoms with E-state index in [9.17, 15) is 14.4 Å². The number of hydrogen-bond donors (Lipinski definition) is 1. The molecule has 0 bridgehead atoms. The van der Waals surface area contributed by atoms with Crippen LogP contribution in [-0.2, 0) is 9.59 Å². The summed E-state index contributed by atoms with van der Waals surface area (Å²) < 4.78 is 15.7. The van der Waals surface area contributed by atoms with E-state index >= 15 is 0 Å². The lowest BCUT2D eigenvalue weighted by molar-refractivity contribution is -0.122. The summed E-state index contributed by atoms with van der Waals surface area (Å²) in [6.45, 7) is 0.0322. The third-order valence-electron chi connectivity index (χ3n) is 4.37. The Labute approximate surface area is 193 Å². The maximum Gasteiger partial charge on any atom is 0.336 e. The third-order valence-corrected chi connectivity index (χ3v) is 4.96. The van der Waals surface area contributed by atoms with Crippen LogP contribution in [0.5, 0.6) is 17.2 Å². The van der Waals surface area contributed by atoms with Crippen molar-refractivity contribution >= 4 is 52.8 Å². The summed E-state index contributed by atoms with van der Waals surface area (Å²) in [5.74, 6) is 1.28. The molecule has 10 heteroatoms. The van der Waals surface area contributed by atoms with E-state index in [2.05, 4.69) is 11.2 Å². The van der Waals surface area contributed by atoms with Gasteiger partial charge in [-0.1, -0.05) is 35.2 Å². The average molecular weight is 475 g/mol. The van der Waals surface area contributed by atoms with Crippen molar-refractivity contribution in [3.8, 4) is 29.6 Å². The Bertz CT molecular complexity index is 1190. The SMILES string of the molecule is C#CCOc1ccc(/C=C2\C(=O)NC(=O)N(c3cc(OC)c(Cl)cc3OC)C2=O)cc1Cl. The molecule has 0 unspecified atom stereocenters. The van der Waals surface area contributed by atoms with Gasteiger partial charge in [0.2, 0.25) is 0 Å². The molecule has 4 amide bonds. The van der Waals surface area contributed by atoms with E-state index in [0.717, 1.165) is 4.90 Å². The first-order valence-corrected chi connectivity index (χ1v) is 9.75. The van der Waals surface area contributed by atoms with Gasteiger partial charge in [0.25, 0.3) is 11.8 Å². The van der Waals surface area contributed by atoms with Crippen molar-refractivity contribution < 1.29 is 28.6 Å². The molecule has 0 spiro atoms. The van der Waals surface area contributed by atoms with Gasteiger partial charge < -0.3 is 14.2 Å². The lowest BCUT2D eigenvalue weighted by atomic mass is 10.1. The molecule has 0 aliphatic carbocycles. The van der Waals surface area contributed by atoms with E-state index in [-0.39, 0.29) is 39.4 Å². The van der Waals surface area contributed by atoms with E-state index in [1.807, 2.05) is 0 Å². The molecule has 1 aliphatic rings. The predicted molar refractivity (Wildman–Crippen MR) is 119 cm³/mol. The molecule has 2 aromatic carbocycles. The minimum Gasteiger partial charge on any atom is -0.495 e. The maximum atomic E-state index is 13.2. The Kier molecular flexibility index (Phi) is 6.93. The molecule has 8 nitrogen and oxygen atoms in total. The minimum atomic E-state index is -0.948. The van der Waals surface area contributed by atoms with Crippen molar-refractivity contribution in [3.05, 3.63) is 51.5 Å². The van der Waals surface area contributed by atoms with Crippen molar-refractivity contribution in [1.82, 2.24) is 5.32 Å². The molecule has 164 valence electrons. The van der Waals surface area contributed by atoms with Crippen molar-refractivity contribution in [3.63, 3.8) is 0 Å². The Hall–Kier alpha value is -3.67. The topological polar surface area (TPSA) is 94.2 Å². The number of amides is 4. The number of halogens is 2. The van der Waals surface area contributed by atoms with Crippen LogP contribution in [0, 0.1) is 12.3 Å². The summed E-state index contributed by atoms with van der Waals surface area (Å²) in [4.78, 5) is 38.9. The van der Waals surface area contributed by atoms with Crippen molar-refractivity contribution in [2.75, 3.05) is 25.7 Å². The molecule has 3 rings (SSSR count). The maximum absolute atomic E-state index is 13.2. The Morgan fingerprint density at radius 1 is 1.03 bits per heavy atom. The number of ether oxygens (including phenoxy) is 3. The van der Waals surface area contributed by atoms with Gasteiger partial charge in [0.15, 0.2) is 0 Å². The molecule has 2 aromatic rings. The molecule has 1 fully saturated rings. The standard InChI is InChI=1S/C22H16Cl2N2O6/c1-4-7-32-17-6-5-12(9-14(17)23)8-13-20(27)25-22(29)26(21(13)28)16-11-18(30-2)15(24)10-19(16)31-3/h1,5-6,8-11H,7H2,2-3H3,(H,25,27,29)/b13-8+. The van der Waals surface area contributed by atoms with Gasteiger partial charge in [-0.15, -0.1) is 6.42 Å². The molecule has 1 heterocycles. The first-order chi connectivity index (χ1) is 15.3. The van der Waals surface area contributed by atoms with Crippen LogP contribution < -0.4 is 24.4 Å². The quantitative estimate of drug-likeness (QED) is 0.389. The Morgan fingerprint density at radius 2 is 1.72 bits per heavy atom. The smallest absolute Gasteiger partial charge is 0.336 e. The monoisotopic (exact) mass is 474 g/mol. The Morgan fingerprint density at radius 3 is 2.34 bits per heavy atom. The second kappa shape index (κ2) is 9.64. The van der Waals surface area contributed by atoms with Crippen molar-refractivity contribution in [2.24, 2.45) is 0 Å². The molecule has 0 saturated carbocycles. The number of anilines is 1. The molecule has 1 saturated heterocycles. The zero-order valence-electron chi connectivity index (χ0n) is 16.9. The summed E-state index contributed by atoms with van der Waals surface area (Å²) in [5, 5.41) is 2.58. The number of nitrogens with zero attached hydrogens (tertiary/aromatic N) is 1. The normalized spacial score (nSPS) is 14.8. The molecular weight excluding hydrogens is 459 g/mol. The molecule has 0 aromatic heterocycles. The van der Waals surface area contributed by atoms with Crippen LogP contribution in [-0.4, -0.2) is 38.7 Å². The summed E-state index contributed by atoms with van der Waals surface area (Å²) >= 11 is 12.3. The lowest BCUT2D eigenvalue weighted by Crippen LogP contribution is -2.54. The number of rotatable bonds is 6. The molecule has 32 heavy (non-hydrogen) atoms. The van der Waals surface area contributed by atoms with Crippen LogP contribution in [0.3, 0.4) is 0 Å². The summed E-state index contributed by atoms with van der Waals surface area (Å²) in [6.07, 6.45) is 6.46. The average Bonchev–Trinajstić information content (AvgIpc) is 2.76. The molecule has 0 atom stereocenters. The summed E-state index contributed by atoms with van der Waals surface area (Å²) in [7, 11) is 2.73. The van der Waals surface area contributed by atoms with Gasteiger partial charge in [-0.25, -0.2) is 9.69 Å². The number of methoxy groups -OCH3 is 2. The van der Waals surface area contributed by atoms with Gasteiger partial charge in [0.1, 0.15) is 29.4 Å². The third kappa shape index (κ3) is 4.49. The van der Waals surface area contributed by atoms with E-state index in [4.69, 9.17) is 43.8 Å². The highest BCUT2D eigenvalue weighted by Gasteiger charge is 2.38. The number of carbonyl (C=O) groups excluding carboxylic acids is 3. The minimum absolute atomic E-state index is 0.0322. The second-order valence-electron chi connectivity index (χ2n) is 6.30. The van der Waals surface area contributed by atoms with Crippen LogP contribution in [0.15, 0.2) is 35.9 Å². The fraction of sp³-hybridized carbons (Fsp3) is 0.136. The van der Waals surface area contributed by atoms with E-state index < -0.39 is 17.8 Å². The largest absolute Gasteiger partial charge is 0.495 e. The number of carbonyl (C=O) groups is 3. The van der Waals surface area contributed by atoms with Gasteiger partial charge in [0, 0.05) is 12.1 Å². The van der Waals surface area contributed by atoms with Gasteiger partial charge in [-0.3, -0.25) is 14.9 Å². The number of urea groups is 1. The Balaban J connectivity index is 2.03. The number of nitrogens with one attached hydrogen (secondary N) is 1. The fourth-order valence-corrected chi connectivity index (χ4v) is 3.38. The van der Waals surface area contributed by atoms with Crippen LogP contribution in [0.25, 0.3) is 6.08 Å². The van der Waals surface area contributed by atoms with Gasteiger partial charge in [-0.2, -0.15) is 0 Å². The number of barbiturate groups is 1. The first-order valence-electron chi connectivity index (χ1n) is 8.99. The summed E-state index contributed by atoms with van der Waals surface area (Å²) in [5.41, 5.74) is 0.177. The van der Waals surface area contributed by atoms with E-state index in [0.29, 0.717) is 11.3 Å². The predicted octanol–water partition coefficient (Wildman–Crippen LogP) is 3.69. The van der Waals surface area contributed by atoms with Crippen molar-refractivity contribution in [1.29, 1.82) is 0 Å². The number of benzene rings is 2. The fourth-order valence-electron chi connectivity index (χ4n) is 2.91. The number of hydrogen-bond acceptors (Lipinski definition) is 6.